The number of hydrogen-bond acceptors (Lipinski definition) is 5. The second kappa shape index (κ2) is 13.4. The highest BCUT2D eigenvalue weighted by Gasteiger charge is 2.29. The van der Waals surface area contributed by atoms with E-state index < -0.39 is 6.04 Å². The molecule has 0 radical (unpaired) electrons. The van der Waals surface area contributed by atoms with Crippen molar-refractivity contribution in [1.82, 2.24) is 25.5 Å². The molecule has 0 aliphatic rings. The lowest BCUT2D eigenvalue weighted by Gasteiger charge is -2.33. The summed E-state index contributed by atoms with van der Waals surface area (Å²) in [6, 6.07) is 15.6. The zero-order valence-corrected chi connectivity index (χ0v) is 21.2. The van der Waals surface area contributed by atoms with E-state index in [4.69, 9.17) is 0 Å². The molecule has 0 saturated carbocycles. The molecule has 182 valence electrons. The summed E-state index contributed by atoms with van der Waals surface area (Å²) in [5.41, 5.74) is 3.90. The largest absolute Gasteiger partial charge is 0.328 e. The quantitative estimate of drug-likeness (QED) is 0.417. The zero-order valence-electron chi connectivity index (χ0n) is 21.2. The fourth-order valence-electron chi connectivity index (χ4n) is 4.05. The van der Waals surface area contributed by atoms with E-state index in [1.807, 2.05) is 76.2 Å². The third kappa shape index (κ3) is 6.83. The average Bonchev–Trinajstić information content (AvgIpc) is 3.38. The van der Waals surface area contributed by atoms with Crippen molar-refractivity contribution in [3.63, 3.8) is 0 Å². The number of H-pyrrole nitrogens is 1. The Morgan fingerprint density at radius 1 is 1.00 bits per heavy atom. The van der Waals surface area contributed by atoms with E-state index in [9.17, 15) is 9.59 Å². The Kier molecular flexibility index (Phi) is 10.6. The molecule has 3 aromatic rings. The number of tetrazole rings is 1. The molecular formula is C27H37N5O2. The number of ketones is 1. The lowest BCUT2D eigenvalue weighted by Crippen LogP contribution is -2.46. The lowest BCUT2D eigenvalue weighted by molar-refractivity contribution is -0.141. The van der Waals surface area contributed by atoms with Crippen LogP contribution in [-0.2, 0) is 16.1 Å². The molecule has 0 bridgehead atoms. The van der Waals surface area contributed by atoms with E-state index in [1.54, 1.807) is 11.8 Å². The van der Waals surface area contributed by atoms with Gasteiger partial charge in [0.15, 0.2) is 5.78 Å². The summed E-state index contributed by atoms with van der Waals surface area (Å²) in [6.45, 7) is 12.0. The first-order chi connectivity index (χ1) is 16.4. The van der Waals surface area contributed by atoms with Crippen molar-refractivity contribution in [2.45, 2.75) is 73.4 Å². The Morgan fingerprint density at radius 3 is 2.18 bits per heavy atom. The molecule has 0 fully saturated rings. The van der Waals surface area contributed by atoms with Crippen LogP contribution in [0, 0.1) is 5.92 Å². The van der Waals surface area contributed by atoms with Crippen LogP contribution < -0.4 is 0 Å². The van der Waals surface area contributed by atoms with Crippen LogP contribution in [0.15, 0.2) is 48.5 Å². The number of nitrogens with zero attached hydrogens (tertiary/aromatic N) is 4. The minimum absolute atomic E-state index is 0.0236. The highest BCUT2D eigenvalue weighted by molar-refractivity contribution is 5.87. The molecule has 0 aliphatic heterocycles. The summed E-state index contributed by atoms with van der Waals surface area (Å²) in [5, 5.41) is 14.4. The van der Waals surface area contributed by atoms with Crippen LogP contribution in [0.5, 0.6) is 0 Å². The summed E-state index contributed by atoms with van der Waals surface area (Å²) in [4.78, 5) is 27.1. The zero-order chi connectivity index (χ0) is 25.1. The van der Waals surface area contributed by atoms with Crippen LogP contribution in [0.3, 0.4) is 0 Å². The molecular weight excluding hydrogens is 426 g/mol. The molecule has 7 heteroatoms. The highest BCUT2D eigenvalue weighted by Crippen LogP contribution is 2.30. The van der Waals surface area contributed by atoms with Crippen molar-refractivity contribution >= 4 is 11.7 Å². The first kappa shape index (κ1) is 26.9. The molecule has 1 amide bonds. The first-order valence-corrected chi connectivity index (χ1v) is 12.1. The number of nitrogens with one attached hydrogen (secondary N) is 1. The third-order valence-corrected chi connectivity index (χ3v) is 5.58. The standard InChI is InChI=1S/C25H31N5O2.C2H6/c1-5-6-11-23(32)30(24(17(2)3)18(4)31)16-19-12-14-20(15-13-19)21-9-7-8-10-22(21)25-26-28-29-27-25;1-2/h7-10,12-15,17,24H,5-6,11,16H2,1-4H3,(H,26,27,28,29);1-2H3. The molecule has 1 atom stereocenters. The van der Waals surface area contributed by atoms with Crippen LogP contribution in [0.4, 0.5) is 0 Å². The highest BCUT2D eigenvalue weighted by atomic mass is 16.2. The fourth-order valence-corrected chi connectivity index (χ4v) is 4.05. The van der Waals surface area contributed by atoms with E-state index in [-0.39, 0.29) is 17.6 Å². The van der Waals surface area contributed by atoms with Crippen LogP contribution in [0.25, 0.3) is 22.5 Å². The van der Waals surface area contributed by atoms with Crippen molar-refractivity contribution in [3.8, 4) is 22.5 Å². The molecule has 3 rings (SSSR count). The topological polar surface area (TPSA) is 91.8 Å². The number of unbranched alkanes of at least 4 members (excludes halogenated alkanes) is 1. The predicted molar refractivity (Wildman–Crippen MR) is 136 cm³/mol. The van der Waals surface area contributed by atoms with Gasteiger partial charge < -0.3 is 4.90 Å². The summed E-state index contributed by atoms with van der Waals surface area (Å²) < 4.78 is 0. The Morgan fingerprint density at radius 2 is 1.65 bits per heavy atom. The van der Waals surface area contributed by atoms with Gasteiger partial charge in [-0.15, -0.1) is 10.2 Å². The Balaban J connectivity index is 0.00000199. The van der Waals surface area contributed by atoms with Crippen LogP contribution >= 0.6 is 0 Å². The van der Waals surface area contributed by atoms with E-state index in [0.717, 1.165) is 35.1 Å². The third-order valence-electron chi connectivity index (χ3n) is 5.58. The number of hydrogen-bond donors (Lipinski definition) is 1. The summed E-state index contributed by atoms with van der Waals surface area (Å²) in [5.74, 6) is 0.653. The first-order valence-electron chi connectivity index (χ1n) is 12.1. The Labute approximate surface area is 203 Å². The van der Waals surface area contributed by atoms with Gasteiger partial charge in [-0.2, -0.15) is 5.21 Å². The Bertz CT molecular complexity index is 1030. The van der Waals surface area contributed by atoms with Gasteiger partial charge in [0.05, 0.1) is 6.04 Å². The normalized spacial score (nSPS) is 11.5. The molecule has 0 saturated heterocycles. The van der Waals surface area contributed by atoms with E-state index >= 15 is 0 Å². The maximum absolute atomic E-state index is 13.0. The van der Waals surface area contributed by atoms with Gasteiger partial charge in [-0.3, -0.25) is 9.59 Å². The smallest absolute Gasteiger partial charge is 0.223 e. The predicted octanol–water partition coefficient (Wildman–Crippen LogP) is 5.69. The van der Waals surface area contributed by atoms with Crippen molar-refractivity contribution in [1.29, 1.82) is 0 Å². The van der Waals surface area contributed by atoms with E-state index in [2.05, 4.69) is 27.5 Å². The molecule has 1 N–H and O–H groups in total. The SMILES string of the molecule is CC.CCCCC(=O)N(Cc1ccc(-c2ccccc2-c2nn[nH]n2)cc1)C(C(C)=O)C(C)C. The van der Waals surface area contributed by atoms with Crippen molar-refractivity contribution < 1.29 is 9.59 Å². The number of aromatic amines is 1. The van der Waals surface area contributed by atoms with Crippen LogP contribution in [0.2, 0.25) is 0 Å². The van der Waals surface area contributed by atoms with Crippen LogP contribution in [0.1, 0.15) is 66.4 Å². The molecule has 1 unspecified atom stereocenters. The average molecular weight is 464 g/mol. The van der Waals surface area contributed by atoms with Crippen LogP contribution in [-0.4, -0.2) is 43.3 Å². The van der Waals surface area contributed by atoms with Crippen molar-refractivity contribution in [2.24, 2.45) is 5.92 Å². The van der Waals surface area contributed by atoms with Gasteiger partial charge in [0, 0.05) is 18.5 Å². The number of carbonyl (C=O) groups is 2. The molecule has 0 aliphatic carbocycles. The fraction of sp³-hybridized carbons (Fsp3) is 0.444. The summed E-state index contributed by atoms with van der Waals surface area (Å²) in [7, 11) is 0. The van der Waals surface area contributed by atoms with Crippen molar-refractivity contribution in [3.05, 3.63) is 54.1 Å². The number of amides is 1. The maximum Gasteiger partial charge on any atom is 0.223 e. The number of rotatable bonds is 10. The number of aromatic nitrogens is 4. The Hall–Kier alpha value is -3.35. The maximum atomic E-state index is 13.0. The minimum atomic E-state index is -0.419. The van der Waals surface area contributed by atoms with Gasteiger partial charge in [-0.05, 0) is 41.2 Å². The number of Topliss-reactive ketones (excluding diaryl/α,β-unsaturated/α-hetero) is 1. The molecule has 1 aromatic heterocycles. The minimum Gasteiger partial charge on any atom is -0.328 e. The van der Waals surface area contributed by atoms with Gasteiger partial charge in [-0.25, -0.2) is 0 Å². The second-order valence-electron chi connectivity index (χ2n) is 8.40. The molecule has 1 heterocycles. The van der Waals surface area contributed by atoms with Gasteiger partial charge in [0.1, 0.15) is 0 Å². The molecule has 7 nitrogen and oxygen atoms in total. The number of benzene rings is 2. The van der Waals surface area contributed by atoms with Gasteiger partial charge in [0.2, 0.25) is 11.7 Å². The van der Waals surface area contributed by atoms with Crippen molar-refractivity contribution in [2.75, 3.05) is 0 Å². The van der Waals surface area contributed by atoms with E-state index in [0.29, 0.717) is 18.8 Å². The monoisotopic (exact) mass is 463 g/mol. The summed E-state index contributed by atoms with van der Waals surface area (Å²) in [6.07, 6.45) is 2.23. The number of carbonyl (C=O) groups excluding carboxylic acids is 2. The summed E-state index contributed by atoms with van der Waals surface area (Å²) >= 11 is 0. The second-order valence-corrected chi connectivity index (χ2v) is 8.40. The lowest BCUT2D eigenvalue weighted by atomic mass is 9.96. The van der Waals surface area contributed by atoms with E-state index in [1.165, 1.54) is 0 Å². The van der Waals surface area contributed by atoms with Gasteiger partial charge in [-0.1, -0.05) is 89.6 Å². The molecule has 34 heavy (non-hydrogen) atoms. The molecule has 2 aromatic carbocycles. The van der Waals surface area contributed by atoms with Gasteiger partial charge in [0.25, 0.3) is 0 Å². The molecule has 0 spiro atoms. The van der Waals surface area contributed by atoms with Gasteiger partial charge >= 0.3 is 0 Å².